The van der Waals surface area contributed by atoms with E-state index in [4.69, 9.17) is 5.21 Å². The molecule has 3 nitrogen and oxygen atoms in total. The average molecular weight is 329 g/mol. The third-order valence-electron chi connectivity index (χ3n) is 3.66. The molecular formula is C14H18BrFN2O. The van der Waals surface area contributed by atoms with E-state index in [1.165, 1.54) is 6.07 Å². The summed E-state index contributed by atoms with van der Waals surface area (Å²) in [6.45, 7) is 4.32. The number of oxime groups is 1. The van der Waals surface area contributed by atoms with E-state index in [0.29, 0.717) is 12.1 Å². The zero-order chi connectivity index (χ0) is 13.8. The molecule has 1 aliphatic heterocycles. The van der Waals surface area contributed by atoms with Gasteiger partial charge in [0.2, 0.25) is 0 Å². The van der Waals surface area contributed by atoms with Crippen LogP contribution in [0.1, 0.15) is 25.3 Å². The quantitative estimate of drug-likeness (QED) is 0.679. The number of hydrogen-bond donors (Lipinski definition) is 1. The van der Waals surface area contributed by atoms with Crippen LogP contribution in [0.5, 0.6) is 0 Å². The Morgan fingerprint density at radius 2 is 2.32 bits per heavy atom. The van der Waals surface area contributed by atoms with E-state index in [-0.39, 0.29) is 11.7 Å². The summed E-state index contributed by atoms with van der Waals surface area (Å²) in [4.78, 5) is 2.22. The number of hydrogen-bond acceptors (Lipinski definition) is 3. The van der Waals surface area contributed by atoms with E-state index >= 15 is 0 Å². The average Bonchev–Trinajstić information content (AvgIpc) is 2.41. The summed E-state index contributed by atoms with van der Waals surface area (Å²) in [6.07, 6.45) is 1.70. The number of nitrogens with zero attached hydrogens (tertiary/aromatic N) is 2. The highest BCUT2D eigenvalue weighted by Crippen LogP contribution is 2.21. The van der Waals surface area contributed by atoms with Crippen LogP contribution in [0.4, 0.5) is 4.39 Å². The fraction of sp³-hybridized carbons (Fsp3) is 0.500. The predicted molar refractivity (Wildman–Crippen MR) is 77.0 cm³/mol. The molecule has 104 valence electrons. The summed E-state index contributed by atoms with van der Waals surface area (Å²) in [7, 11) is 0. The summed E-state index contributed by atoms with van der Waals surface area (Å²) in [6, 6.07) is 5.17. The van der Waals surface area contributed by atoms with E-state index in [1.807, 2.05) is 12.1 Å². The van der Waals surface area contributed by atoms with Gasteiger partial charge >= 0.3 is 0 Å². The SMILES string of the molecule is CCC1CN(Cc2ccc(Br)cc2F)CC/C1=N\O. The van der Waals surface area contributed by atoms with Crippen molar-refractivity contribution < 1.29 is 9.60 Å². The van der Waals surface area contributed by atoms with Gasteiger partial charge in [-0.25, -0.2) is 4.39 Å². The van der Waals surface area contributed by atoms with Gasteiger partial charge in [0.25, 0.3) is 0 Å². The molecular weight excluding hydrogens is 311 g/mol. The summed E-state index contributed by atoms with van der Waals surface area (Å²) in [5.41, 5.74) is 1.58. The molecule has 0 aromatic heterocycles. The van der Waals surface area contributed by atoms with Crippen molar-refractivity contribution in [2.75, 3.05) is 13.1 Å². The van der Waals surface area contributed by atoms with Crippen molar-refractivity contribution in [1.82, 2.24) is 4.90 Å². The molecule has 1 heterocycles. The second kappa shape index (κ2) is 6.48. The van der Waals surface area contributed by atoms with Gasteiger partial charge < -0.3 is 5.21 Å². The highest BCUT2D eigenvalue weighted by atomic mass is 79.9. The van der Waals surface area contributed by atoms with Crippen LogP contribution in [0.15, 0.2) is 27.8 Å². The molecule has 1 aliphatic rings. The number of benzene rings is 1. The van der Waals surface area contributed by atoms with Crippen molar-refractivity contribution in [2.45, 2.75) is 26.3 Å². The lowest BCUT2D eigenvalue weighted by atomic mass is 9.93. The van der Waals surface area contributed by atoms with Crippen LogP contribution in [0.3, 0.4) is 0 Å². The van der Waals surface area contributed by atoms with Crippen LogP contribution in [0.25, 0.3) is 0 Å². The van der Waals surface area contributed by atoms with Crippen molar-refractivity contribution in [3.8, 4) is 0 Å². The molecule has 1 unspecified atom stereocenters. The first-order valence-corrected chi connectivity index (χ1v) is 7.30. The molecule has 2 rings (SSSR count). The smallest absolute Gasteiger partial charge is 0.128 e. The molecule has 5 heteroatoms. The lowest BCUT2D eigenvalue weighted by Gasteiger charge is -2.32. The molecule has 0 amide bonds. The summed E-state index contributed by atoms with van der Waals surface area (Å²) in [5.74, 6) is 0.0984. The minimum atomic E-state index is -0.177. The molecule has 0 bridgehead atoms. The Bertz CT molecular complexity index is 479. The van der Waals surface area contributed by atoms with Crippen LogP contribution >= 0.6 is 15.9 Å². The molecule has 0 saturated carbocycles. The third-order valence-corrected chi connectivity index (χ3v) is 4.16. The maximum absolute atomic E-state index is 13.8. The summed E-state index contributed by atoms with van der Waals surface area (Å²) < 4.78 is 14.6. The zero-order valence-electron chi connectivity index (χ0n) is 10.9. The fourth-order valence-corrected chi connectivity index (χ4v) is 2.85. The third kappa shape index (κ3) is 3.54. The van der Waals surface area contributed by atoms with E-state index in [9.17, 15) is 4.39 Å². The van der Waals surface area contributed by atoms with E-state index in [0.717, 1.165) is 36.1 Å². The van der Waals surface area contributed by atoms with Gasteiger partial charge in [-0.05, 0) is 18.6 Å². The second-order valence-corrected chi connectivity index (χ2v) is 5.83. The number of piperidine rings is 1. The maximum atomic E-state index is 13.8. The lowest BCUT2D eigenvalue weighted by Crippen LogP contribution is -2.40. The van der Waals surface area contributed by atoms with Crippen LogP contribution in [-0.2, 0) is 6.54 Å². The first-order valence-electron chi connectivity index (χ1n) is 6.51. The zero-order valence-corrected chi connectivity index (χ0v) is 12.5. The molecule has 0 radical (unpaired) electrons. The van der Waals surface area contributed by atoms with E-state index in [2.05, 4.69) is 32.9 Å². The van der Waals surface area contributed by atoms with Gasteiger partial charge in [0.1, 0.15) is 5.82 Å². The van der Waals surface area contributed by atoms with Gasteiger partial charge in [0, 0.05) is 42.0 Å². The highest BCUT2D eigenvalue weighted by molar-refractivity contribution is 9.10. The first kappa shape index (κ1) is 14.5. The van der Waals surface area contributed by atoms with Gasteiger partial charge in [0.05, 0.1) is 5.71 Å². The van der Waals surface area contributed by atoms with Gasteiger partial charge in [-0.2, -0.15) is 0 Å². The second-order valence-electron chi connectivity index (χ2n) is 4.92. The molecule has 0 aliphatic carbocycles. The Morgan fingerprint density at radius 3 is 2.95 bits per heavy atom. The van der Waals surface area contributed by atoms with Gasteiger partial charge in [-0.3, -0.25) is 4.90 Å². The Balaban J connectivity index is 2.04. The number of rotatable bonds is 3. The first-order chi connectivity index (χ1) is 9.13. The van der Waals surface area contributed by atoms with Crippen molar-refractivity contribution >= 4 is 21.6 Å². The van der Waals surface area contributed by atoms with E-state index in [1.54, 1.807) is 0 Å². The molecule has 1 atom stereocenters. The van der Waals surface area contributed by atoms with Crippen molar-refractivity contribution in [1.29, 1.82) is 0 Å². The largest absolute Gasteiger partial charge is 0.411 e. The molecule has 0 spiro atoms. The molecule has 1 fully saturated rings. The maximum Gasteiger partial charge on any atom is 0.128 e. The molecule has 1 aromatic rings. The Labute approximate surface area is 121 Å². The Morgan fingerprint density at radius 1 is 1.53 bits per heavy atom. The van der Waals surface area contributed by atoms with Gasteiger partial charge in [-0.1, -0.05) is 34.1 Å². The van der Waals surface area contributed by atoms with Crippen LogP contribution in [0.2, 0.25) is 0 Å². The van der Waals surface area contributed by atoms with Gasteiger partial charge in [-0.15, -0.1) is 0 Å². The van der Waals surface area contributed by atoms with Crippen molar-refractivity contribution in [3.05, 3.63) is 34.1 Å². The number of halogens is 2. The standard InChI is InChI=1S/C14H18BrFN2O/c1-2-10-8-18(6-5-14(10)17-19)9-11-3-4-12(15)7-13(11)16/h3-4,7,10,19H,2,5-6,8-9H2,1H3/b17-14+. The lowest BCUT2D eigenvalue weighted by molar-refractivity contribution is 0.218. The van der Waals surface area contributed by atoms with Crippen LogP contribution in [0, 0.1) is 11.7 Å². The van der Waals surface area contributed by atoms with Crippen molar-refractivity contribution in [2.24, 2.45) is 11.1 Å². The van der Waals surface area contributed by atoms with Gasteiger partial charge in [0.15, 0.2) is 0 Å². The molecule has 1 saturated heterocycles. The van der Waals surface area contributed by atoms with Crippen molar-refractivity contribution in [3.63, 3.8) is 0 Å². The topological polar surface area (TPSA) is 35.8 Å². The van der Waals surface area contributed by atoms with E-state index < -0.39 is 0 Å². The molecule has 19 heavy (non-hydrogen) atoms. The summed E-state index contributed by atoms with van der Waals surface area (Å²) >= 11 is 3.26. The monoisotopic (exact) mass is 328 g/mol. The predicted octanol–water partition coefficient (Wildman–Crippen LogP) is 3.65. The number of likely N-dealkylation sites (tertiary alicyclic amines) is 1. The fourth-order valence-electron chi connectivity index (χ4n) is 2.52. The summed E-state index contributed by atoms with van der Waals surface area (Å²) in [5, 5.41) is 12.3. The molecule has 1 N–H and O–H groups in total. The van der Waals surface area contributed by atoms with Crippen LogP contribution in [-0.4, -0.2) is 28.9 Å². The van der Waals surface area contributed by atoms with Crippen LogP contribution < -0.4 is 0 Å². The Hall–Kier alpha value is -0.940. The minimum Gasteiger partial charge on any atom is -0.411 e. The minimum absolute atomic E-state index is 0.177. The Kier molecular flexibility index (Phi) is 4.93. The highest BCUT2D eigenvalue weighted by Gasteiger charge is 2.25. The normalized spacial score (nSPS) is 22.9. The molecule has 1 aromatic carbocycles.